The fourth-order valence-corrected chi connectivity index (χ4v) is 1.18. The van der Waals surface area contributed by atoms with Crippen molar-refractivity contribution in [2.24, 2.45) is 10.3 Å². The van der Waals surface area contributed by atoms with Gasteiger partial charge in [-0.05, 0) is 12.1 Å². The zero-order chi connectivity index (χ0) is 12.7. The van der Waals surface area contributed by atoms with Gasteiger partial charge < -0.3 is 0 Å². The Kier molecular flexibility index (Phi) is 5.03. The van der Waals surface area contributed by atoms with Crippen molar-refractivity contribution in [3.05, 3.63) is 33.9 Å². The van der Waals surface area contributed by atoms with Crippen molar-refractivity contribution in [1.29, 1.82) is 5.26 Å². The first-order valence-corrected chi connectivity index (χ1v) is 5.68. The number of nitro benzene ring substituents is 1. The van der Waals surface area contributed by atoms with E-state index in [0.29, 0.717) is 11.9 Å². The molecule has 8 heteroatoms. The quantitative estimate of drug-likeness (QED) is 0.390. The van der Waals surface area contributed by atoms with Crippen molar-refractivity contribution >= 4 is 27.3 Å². The number of nitrogens with one attached hydrogen (secondary N) is 1. The second kappa shape index (κ2) is 6.55. The topological polar surface area (TPSA) is 104 Å². The van der Waals surface area contributed by atoms with Crippen molar-refractivity contribution < 1.29 is 4.92 Å². The fraction of sp³-hybridized carbons (Fsp3) is 0.222. The Labute approximate surface area is 105 Å². The van der Waals surface area contributed by atoms with Gasteiger partial charge in [0.05, 0.1) is 23.1 Å². The molecule has 7 nitrogen and oxygen atoms in total. The minimum atomic E-state index is -0.580. The van der Waals surface area contributed by atoms with Crippen LogP contribution in [-0.2, 0) is 0 Å². The molecule has 0 amide bonds. The molecule has 0 saturated carbocycles. The van der Waals surface area contributed by atoms with E-state index in [-0.39, 0.29) is 16.9 Å². The Balaban J connectivity index is 2.92. The first-order chi connectivity index (χ1) is 8.19. The summed E-state index contributed by atoms with van der Waals surface area (Å²) in [4.78, 5) is 10.2. The number of nitriles is 1. The van der Waals surface area contributed by atoms with Gasteiger partial charge in [0.1, 0.15) is 5.69 Å². The van der Waals surface area contributed by atoms with Gasteiger partial charge in [-0.15, -0.1) is 0 Å². The van der Waals surface area contributed by atoms with Gasteiger partial charge in [0, 0.05) is 11.4 Å². The second-order valence-electron chi connectivity index (χ2n) is 2.87. The molecule has 0 radical (unpaired) electrons. The third-order valence-electron chi connectivity index (χ3n) is 1.75. The molecule has 0 aliphatic carbocycles. The van der Waals surface area contributed by atoms with Gasteiger partial charge in [-0.25, -0.2) is 0 Å². The summed E-state index contributed by atoms with van der Waals surface area (Å²) in [6, 6.07) is 5.90. The average Bonchev–Trinajstić information content (AvgIpc) is 2.34. The Morgan fingerprint density at radius 2 is 2.35 bits per heavy atom. The summed E-state index contributed by atoms with van der Waals surface area (Å²) in [6.07, 6.45) is 0. The van der Waals surface area contributed by atoms with Crippen molar-refractivity contribution in [3.63, 3.8) is 0 Å². The minimum absolute atomic E-state index is 0.201. The predicted molar refractivity (Wildman–Crippen MR) is 65.0 cm³/mol. The molecule has 0 aromatic heterocycles. The maximum absolute atomic E-state index is 10.8. The SMILES string of the molecule is N#Cc1ccc(NN=NCCBr)c([N+](=O)[O-])c1. The molecule has 1 rings (SSSR count). The number of hydrogen-bond donors (Lipinski definition) is 1. The zero-order valence-electron chi connectivity index (χ0n) is 8.63. The van der Waals surface area contributed by atoms with Gasteiger partial charge in [-0.1, -0.05) is 21.2 Å². The van der Waals surface area contributed by atoms with Crippen LogP contribution in [0.15, 0.2) is 28.5 Å². The molecule has 0 aliphatic rings. The number of benzene rings is 1. The number of halogens is 1. The molecule has 0 unspecified atom stereocenters. The third kappa shape index (κ3) is 3.81. The molecule has 17 heavy (non-hydrogen) atoms. The molecule has 0 spiro atoms. The molecule has 1 aromatic rings. The van der Waals surface area contributed by atoms with Crippen molar-refractivity contribution in [3.8, 4) is 6.07 Å². The summed E-state index contributed by atoms with van der Waals surface area (Å²) in [6.45, 7) is 0.469. The van der Waals surface area contributed by atoms with Crippen molar-refractivity contribution in [2.45, 2.75) is 0 Å². The largest absolute Gasteiger partial charge is 0.295 e. The lowest BCUT2D eigenvalue weighted by Gasteiger charge is -2.00. The van der Waals surface area contributed by atoms with Crippen LogP contribution in [0.3, 0.4) is 0 Å². The summed E-state index contributed by atoms with van der Waals surface area (Å²) >= 11 is 3.17. The van der Waals surface area contributed by atoms with Crippen LogP contribution < -0.4 is 5.43 Å². The van der Waals surface area contributed by atoms with E-state index in [0.717, 1.165) is 0 Å². The zero-order valence-corrected chi connectivity index (χ0v) is 10.2. The summed E-state index contributed by atoms with van der Waals surface area (Å²) in [5.41, 5.74) is 2.68. The molecule has 0 atom stereocenters. The highest BCUT2D eigenvalue weighted by Gasteiger charge is 2.14. The van der Waals surface area contributed by atoms with Crippen LogP contribution in [0.5, 0.6) is 0 Å². The fourth-order valence-electron chi connectivity index (χ4n) is 1.02. The standard InChI is InChI=1S/C9H8BrN5O2/c10-3-4-12-14-13-8-2-1-7(6-11)5-9(8)15(16)17/h1-2,5H,3-4H2,(H,12,13). The van der Waals surface area contributed by atoms with E-state index in [1.807, 2.05) is 6.07 Å². The van der Waals surface area contributed by atoms with Gasteiger partial charge in [0.15, 0.2) is 0 Å². The van der Waals surface area contributed by atoms with Crippen LogP contribution in [0.4, 0.5) is 11.4 Å². The highest BCUT2D eigenvalue weighted by molar-refractivity contribution is 9.09. The van der Waals surface area contributed by atoms with E-state index in [4.69, 9.17) is 5.26 Å². The number of rotatable bonds is 5. The van der Waals surface area contributed by atoms with Crippen LogP contribution in [0, 0.1) is 21.4 Å². The molecule has 0 aliphatic heterocycles. The van der Waals surface area contributed by atoms with Gasteiger partial charge in [-0.3, -0.25) is 15.5 Å². The third-order valence-corrected chi connectivity index (χ3v) is 2.10. The summed E-state index contributed by atoms with van der Waals surface area (Å²) in [7, 11) is 0. The molecule has 0 bridgehead atoms. The average molecular weight is 298 g/mol. The number of nitro groups is 1. The van der Waals surface area contributed by atoms with Gasteiger partial charge >= 0.3 is 0 Å². The molecule has 0 saturated heterocycles. The summed E-state index contributed by atoms with van der Waals surface area (Å²) < 4.78 is 0. The lowest BCUT2D eigenvalue weighted by molar-refractivity contribution is -0.384. The van der Waals surface area contributed by atoms with E-state index in [1.54, 1.807) is 0 Å². The molecular weight excluding hydrogens is 290 g/mol. The van der Waals surface area contributed by atoms with Gasteiger partial charge in [0.25, 0.3) is 5.69 Å². The predicted octanol–water partition coefficient (Wildman–Crippen LogP) is 2.64. The number of alkyl halides is 1. The highest BCUT2D eigenvalue weighted by Crippen LogP contribution is 2.25. The van der Waals surface area contributed by atoms with E-state index >= 15 is 0 Å². The van der Waals surface area contributed by atoms with Crippen LogP contribution in [0.1, 0.15) is 5.56 Å². The normalized spacial score (nSPS) is 10.1. The smallest absolute Gasteiger partial charge is 0.258 e. The lowest BCUT2D eigenvalue weighted by atomic mass is 10.2. The molecule has 88 valence electrons. The molecular formula is C9H8BrN5O2. The highest BCUT2D eigenvalue weighted by atomic mass is 79.9. The number of anilines is 1. The van der Waals surface area contributed by atoms with Crippen LogP contribution in [0.2, 0.25) is 0 Å². The number of nitrogens with zero attached hydrogens (tertiary/aromatic N) is 4. The van der Waals surface area contributed by atoms with Gasteiger partial charge in [0.2, 0.25) is 0 Å². The Bertz CT molecular complexity index is 483. The summed E-state index contributed by atoms with van der Waals surface area (Å²) in [5.74, 6) is 0. The van der Waals surface area contributed by atoms with Crippen LogP contribution in [0.25, 0.3) is 0 Å². The monoisotopic (exact) mass is 297 g/mol. The Hall–Kier alpha value is -2.01. The Morgan fingerprint density at radius 1 is 1.59 bits per heavy atom. The van der Waals surface area contributed by atoms with Gasteiger partial charge in [-0.2, -0.15) is 10.4 Å². The maximum atomic E-state index is 10.8. The minimum Gasteiger partial charge on any atom is -0.258 e. The first-order valence-electron chi connectivity index (χ1n) is 4.56. The maximum Gasteiger partial charge on any atom is 0.295 e. The molecule has 0 fully saturated rings. The molecule has 1 N–H and O–H groups in total. The Morgan fingerprint density at radius 3 is 2.94 bits per heavy atom. The second-order valence-corrected chi connectivity index (χ2v) is 3.66. The summed E-state index contributed by atoms with van der Waals surface area (Å²) in [5, 5.41) is 27.4. The molecule has 0 heterocycles. The first kappa shape index (κ1) is 13.1. The van der Waals surface area contributed by atoms with Crippen molar-refractivity contribution in [1.82, 2.24) is 0 Å². The molecule has 1 aromatic carbocycles. The van der Waals surface area contributed by atoms with Crippen molar-refractivity contribution in [2.75, 3.05) is 17.3 Å². The van der Waals surface area contributed by atoms with E-state index in [2.05, 4.69) is 31.7 Å². The van der Waals surface area contributed by atoms with Crippen LogP contribution >= 0.6 is 15.9 Å². The van der Waals surface area contributed by atoms with E-state index in [9.17, 15) is 10.1 Å². The van der Waals surface area contributed by atoms with E-state index < -0.39 is 4.92 Å². The van der Waals surface area contributed by atoms with Crippen LogP contribution in [-0.4, -0.2) is 16.8 Å². The van der Waals surface area contributed by atoms with E-state index in [1.165, 1.54) is 18.2 Å². The number of hydrogen-bond acceptors (Lipinski definition) is 5. The lowest BCUT2D eigenvalue weighted by Crippen LogP contribution is -1.96.